The van der Waals surface area contributed by atoms with Gasteiger partial charge in [0, 0.05) is 15.0 Å². The molecular formula is C6H7Br2N. The van der Waals surface area contributed by atoms with E-state index in [9.17, 15) is 0 Å². The van der Waals surface area contributed by atoms with Crippen molar-refractivity contribution in [3.8, 4) is 0 Å². The number of allylic oxidation sites excluding steroid dienone is 3. The Morgan fingerprint density at radius 2 is 2.33 bits per heavy atom. The second-order valence-electron chi connectivity index (χ2n) is 1.93. The van der Waals surface area contributed by atoms with Crippen LogP contribution in [0.2, 0.25) is 0 Å². The molecule has 1 aliphatic carbocycles. The van der Waals surface area contributed by atoms with Gasteiger partial charge in [-0.25, -0.2) is 0 Å². The highest BCUT2D eigenvalue weighted by molar-refractivity contribution is 9.12. The van der Waals surface area contributed by atoms with Crippen molar-refractivity contribution >= 4 is 31.9 Å². The molecule has 0 saturated carbocycles. The summed E-state index contributed by atoms with van der Waals surface area (Å²) < 4.78 is 0.996. The third-order valence-electron chi connectivity index (χ3n) is 1.17. The van der Waals surface area contributed by atoms with Crippen LogP contribution >= 0.6 is 31.9 Å². The predicted molar refractivity (Wildman–Crippen MR) is 46.6 cm³/mol. The number of alkyl halides is 1. The van der Waals surface area contributed by atoms with Crippen molar-refractivity contribution < 1.29 is 0 Å². The van der Waals surface area contributed by atoms with Crippen LogP contribution in [0.3, 0.4) is 0 Å². The molecular weight excluding hydrogens is 246 g/mol. The quantitative estimate of drug-likeness (QED) is 0.658. The summed E-state index contributed by atoms with van der Waals surface area (Å²) in [4.78, 5) is 0.444. The highest BCUT2D eigenvalue weighted by Crippen LogP contribution is 2.23. The molecule has 0 amide bonds. The molecule has 1 unspecified atom stereocenters. The number of halogens is 2. The summed E-state index contributed by atoms with van der Waals surface area (Å²) in [5.41, 5.74) is 6.40. The molecule has 0 aliphatic heterocycles. The van der Waals surface area contributed by atoms with Crippen molar-refractivity contribution in [2.45, 2.75) is 11.2 Å². The molecule has 1 aliphatic rings. The standard InChI is InChI=1S/C6H7Br2N/c7-4-1-2-6(9)5(8)3-4/h2-4H,1,9H2. The van der Waals surface area contributed by atoms with Gasteiger partial charge in [-0.3, -0.25) is 0 Å². The molecule has 2 N–H and O–H groups in total. The summed E-state index contributed by atoms with van der Waals surface area (Å²) in [6.45, 7) is 0. The van der Waals surface area contributed by atoms with Crippen LogP contribution < -0.4 is 5.73 Å². The molecule has 0 aromatic heterocycles. The monoisotopic (exact) mass is 251 g/mol. The van der Waals surface area contributed by atoms with Crippen molar-refractivity contribution in [1.29, 1.82) is 0 Å². The second-order valence-corrected chi connectivity index (χ2v) is 3.96. The van der Waals surface area contributed by atoms with E-state index in [0.717, 1.165) is 16.6 Å². The fraction of sp³-hybridized carbons (Fsp3) is 0.333. The zero-order chi connectivity index (χ0) is 6.85. The fourth-order valence-corrected chi connectivity index (χ4v) is 1.95. The Balaban J connectivity index is 2.75. The summed E-state index contributed by atoms with van der Waals surface area (Å²) in [5, 5.41) is 0. The number of hydrogen-bond donors (Lipinski definition) is 1. The Morgan fingerprint density at radius 1 is 1.67 bits per heavy atom. The summed E-state index contributed by atoms with van der Waals surface area (Å²) in [7, 11) is 0. The lowest BCUT2D eigenvalue weighted by Gasteiger charge is -2.09. The fourth-order valence-electron chi connectivity index (χ4n) is 0.660. The number of rotatable bonds is 0. The lowest BCUT2D eigenvalue weighted by molar-refractivity contribution is 1.04. The average molecular weight is 253 g/mol. The van der Waals surface area contributed by atoms with E-state index in [4.69, 9.17) is 5.73 Å². The molecule has 0 aromatic rings. The van der Waals surface area contributed by atoms with E-state index in [-0.39, 0.29) is 0 Å². The molecule has 1 atom stereocenters. The van der Waals surface area contributed by atoms with Crippen LogP contribution in [0.4, 0.5) is 0 Å². The molecule has 0 heterocycles. The van der Waals surface area contributed by atoms with E-state index >= 15 is 0 Å². The van der Waals surface area contributed by atoms with Gasteiger partial charge in [-0.1, -0.05) is 28.1 Å². The van der Waals surface area contributed by atoms with Crippen molar-refractivity contribution in [1.82, 2.24) is 0 Å². The summed E-state index contributed by atoms with van der Waals surface area (Å²) in [5.74, 6) is 0. The summed E-state index contributed by atoms with van der Waals surface area (Å²) >= 11 is 6.78. The molecule has 9 heavy (non-hydrogen) atoms. The first-order chi connectivity index (χ1) is 4.20. The van der Waals surface area contributed by atoms with Crippen molar-refractivity contribution in [3.63, 3.8) is 0 Å². The first kappa shape index (κ1) is 7.35. The normalized spacial score (nSPS) is 27.1. The van der Waals surface area contributed by atoms with Crippen LogP contribution in [0, 0.1) is 0 Å². The van der Waals surface area contributed by atoms with Gasteiger partial charge in [-0.15, -0.1) is 0 Å². The highest BCUT2D eigenvalue weighted by Gasteiger charge is 2.07. The minimum absolute atomic E-state index is 0.444. The second kappa shape index (κ2) is 2.88. The van der Waals surface area contributed by atoms with Gasteiger partial charge in [0.25, 0.3) is 0 Å². The molecule has 0 bridgehead atoms. The molecule has 1 nitrogen and oxygen atoms in total. The van der Waals surface area contributed by atoms with Crippen LogP contribution in [0.5, 0.6) is 0 Å². The third-order valence-corrected chi connectivity index (χ3v) is 2.53. The Morgan fingerprint density at radius 3 is 2.78 bits per heavy atom. The van der Waals surface area contributed by atoms with E-state index in [0.29, 0.717) is 4.83 Å². The Bertz CT molecular complexity index is 172. The van der Waals surface area contributed by atoms with Crippen molar-refractivity contribution in [2.24, 2.45) is 5.73 Å². The molecule has 0 spiro atoms. The van der Waals surface area contributed by atoms with E-state index in [1.165, 1.54) is 0 Å². The van der Waals surface area contributed by atoms with Gasteiger partial charge < -0.3 is 5.73 Å². The molecule has 1 rings (SSSR count). The van der Waals surface area contributed by atoms with Gasteiger partial charge in [0.15, 0.2) is 0 Å². The van der Waals surface area contributed by atoms with Crippen molar-refractivity contribution in [2.75, 3.05) is 0 Å². The van der Waals surface area contributed by atoms with Crippen LogP contribution in [0.1, 0.15) is 6.42 Å². The largest absolute Gasteiger partial charge is 0.398 e. The van der Waals surface area contributed by atoms with Crippen molar-refractivity contribution in [3.05, 3.63) is 22.3 Å². The zero-order valence-electron chi connectivity index (χ0n) is 4.77. The topological polar surface area (TPSA) is 26.0 Å². The zero-order valence-corrected chi connectivity index (χ0v) is 7.94. The van der Waals surface area contributed by atoms with Gasteiger partial charge in [0.05, 0.1) is 0 Å². The summed E-state index contributed by atoms with van der Waals surface area (Å²) in [6, 6.07) is 0. The molecule has 3 heteroatoms. The lowest BCUT2D eigenvalue weighted by atomic mass is 10.1. The third kappa shape index (κ3) is 1.83. The van der Waals surface area contributed by atoms with Crippen LogP contribution in [-0.4, -0.2) is 4.83 Å². The molecule has 50 valence electrons. The van der Waals surface area contributed by atoms with Crippen LogP contribution in [-0.2, 0) is 0 Å². The van der Waals surface area contributed by atoms with Gasteiger partial charge in [0.2, 0.25) is 0 Å². The smallest absolute Gasteiger partial charge is 0.0415 e. The maximum absolute atomic E-state index is 5.57. The first-order valence-electron chi connectivity index (χ1n) is 2.67. The molecule has 0 radical (unpaired) electrons. The Kier molecular flexibility index (Phi) is 2.35. The average Bonchev–Trinajstić information content (AvgIpc) is 1.80. The minimum atomic E-state index is 0.444. The molecule has 0 fully saturated rings. The maximum Gasteiger partial charge on any atom is 0.0415 e. The Hall–Kier alpha value is 0.240. The van der Waals surface area contributed by atoms with Crippen LogP contribution in [0.15, 0.2) is 22.3 Å². The first-order valence-corrected chi connectivity index (χ1v) is 4.38. The summed E-state index contributed by atoms with van der Waals surface area (Å²) in [6.07, 6.45) is 5.04. The minimum Gasteiger partial charge on any atom is -0.398 e. The van der Waals surface area contributed by atoms with E-state index < -0.39 is 0 Å². The van der Waals surface area contributed by atoms with Gasteiger partial charge in [-0.05, 0) is 22.4 Å². The number of hydrogen-bond acceptors (Lipinski definition) is 1. The molecule has 0 aromatic carbocycles. The van der Waals surface area contributed by atoms with Gasteiger partial charge >= 0.3 is 0 Å². The SMILES string of the molecule is NC1=CCC(Br)C=C1Br. The number of nitrogens with two attached hydrogens (primary N) is 1. The van der Waals surface area contributed by atoms with Crippen LogP contribution in [0.25, 0.3) is 0 Å². The van der Waals surface area contributed by atoms with E-state index in [1.54, 1.807) is 0 Å². The van der Waals surface area contributed by atoms with E-state index in [1.807, 2.05) is 6.08 Å². The highest BCUT2D eigenvalue weighted by atomic mass is 79.9. The van der Waals surface area contributed by atoms with E-state index in [2.05, 4.69) is 37.9 Å². The van der Waals surface area contributed by atoms with Gasteiger partial charge in [-0.2, -0.15) is 0 Å². The predicted octanol–water partition coefficient (Wildman–Crippen LogP) is 2.28. The van der Waals surface area contributed by atoms with Gasteiger partial charge in [0.1, 0.15) is 0 Å². The lowest BCUT2D eigenvalue weighted by Crippen LogP contribution is -2.05. The molecule has 0 saturated heterocycles. The Labute approximate surface area is 71.3 Å². The maximum atomic E-state index is 5.57.